The monoisotopic (exact) mass is 381 g/mol. The van der Waals surface area contributed by atoms with Gasteiger partial charge in [-0.15, -0.1) is 0 Å². The van der Waals surface area contributed by atoms with Crippen LogP contribution in [0.2, 0.25) is 0 Å². The number of carbonyl (C=O) groups excluding carboxylic acids is 1. The summed E-state index contributed by atoms with van der Waals surface area (Å²) < 4.78 is 1.83. The number of amides is 1. The third kappa shape index (κ3) is 4.18. The number of aryl methyl sites for hydroxylation is 1. The van der Waals surface area contributed by atoms with Crippen LogP contribution in [0, 0.1) is 6.92 Å². The van der Waals surface area contributed by atoms with Crippen LogP contribution >= 0.6 is 31.9 Å². The van der Waals surface area contributed by atoms with Crippen molar-refractivity contribution in [2.45, 2.75) is 13.3 Å². The van der Waals surface area contributed by atoms with E-state index < -0.39 is 0 Å². The lowest BCUT2D eigenvalue weighted by Crippen LogP contribution is -2.14. The van der Waals surface area contributed by atoms with Crippen LogP contribution in [0.25, 0.3) is 0 Å². The van der Waals surface area contributed by atoms with Gasteiger partial charge in [-0.3, -0.25) is 4.79 Å². The first-order chi connectivity index (χ1) is 9.04. The molecule has 98 valence electrons. The van der Waals surface area contributed by atoms with Crippen LogP contribution in [0.15, 0.2) is 51.4 Å². The first-order valence-electron chi connectivity index (χ1n) is 5.85. The van der Waals surface area contributed by atoms with Gasteiger partial charge in [0, 0.05) is 8.95 Å². The molecular formula is C15H13Br2NO. The number of carbonyl (C=O) groups is 1. The van der Waals surface area contributed by atoms with E-state index in [1.807, 2.05) is 49.4 Å². The SMILES string of the molecule is Cc1ccc(CC(=O)Nc2ccc(Br)cc2Br)cc1. The normalized spacial score (nSPS) is 10.3. The molecule has 0 spiro atoms. The molecule has 0 aromatic heterocycles. The van der Waals surface area contributed by atoms with Gasteiger partial charge in [0.1, 0.15) is 0 Å². The number of nitrogens with one attached hydrogen (secondary N) is 1. The highest BCUT2D eigenvalue weighted by molar-refractivity contribution is 9.11. The van der Waals surface area contributed by atoms with Gasteiger partial charge < -0.3 is 5.32 Å². The molecule has 2 aromatic carbocycles. The number of hydrogen-bond acceptors (Lipinski definition) is 1. The summed E-state index contributed by atoms with van der Waals surface area (Å²) in [7, 11) is 0. The Morgan fingerprint density at radius 1 is 1.11 bits per heavy atom. The molecule has 0 aliphatic heterocycles. The second kappa shape index (κ2) is 6.35. The van der Waals surface area contributed by atoms with Crippen LogP contribution in [0.5, 0.6) is 0 Å². The fraction of sp³-hybridized carbons (Fsp3) is 0.133. The van der Waals surface area contributed by atoms with E-state index in [0.29, 0.717) is 6.42 Å². The zero-order valence-electron chi connectivity index (χ0n) is 10.4. The van der Waals surface area contributed by atoms with Gasteiger partial charge in [0.2, 0.25) is 5.91 Å². The van der Waals surface area contributed by atoms with Gasteiger partial charge in [0.05, 0.1) is 12.1 Å². The Kier molecular flexibility index (Phi) is 4.77. The lowest BCUT2D eigenvalue weighted by atomic mass is 10.1. The number of rotatable bonds is 3. The van der Waals surface area contributed by atoms with Crippen LogP contribution in [-0.4, -0.2) is 5.91 Å². The Balaban J connectivity index is 2.03. The van der Waals surface area contributed by atoms with E-state index >= 15 is 0 Å². The molecule has 2 nitrogen and oxygen atoms in total. The standard InChI is InChI=1S/C15H13Br2NO/c1-10-2-4-11(5-3-10)8-15(19)18-14-7-6-12(16)9-13(14)17/h2-7,9H,8H2,1H3,(H,18,19). The Morgan fingerprint density at radius 2 is 1.79 bits per heavy atom. The molecule has 0 heterocycles. The minimum atomic E-state index is -0.0214. The third-order valence-corrected chi connectivity index (χ3v) is 3.84. The van der Waals surface area contributed by atoms with E-state index in [1.165, 1.54) is 5.56 Å². The molecule has 0 saturated carbocycles. The van der Waals surface area contributed by atoms with Gasteiger partial charge in [-0.2, -0.15) is 0 Å². The van der Waals surface area contributed by atoms with E-state index in [1.54, 1.807) is 0 Å². The molecule has 0 unspecified atom stereocenters. The smallest absolute Gasteiger partial charge is 0.228 e. The maximum atomic E-state index is 12.0. The average Bonchev–Trinajstić information content (AvgIpc) is 2.36. The fourth-order valence-corrected chi connectivity index (χ4v) is 2.82. The Bertz CT molecular complexity index is 594. The molecule has 2 aromatic rings. The summed E-state index contributed by atoms with van der Waals surface area (Å²) in [6, 6.07) is 13.6. The second-order valence-electron chi connectivity index (χ2n) is 4.33. The summed E-state index contributed by atoms with van der Waals surface area (Å²) in [5.41, 5.74) is 2.98. The van der Waals surface area contributed by atoms with Gasteiger partial charge in [-0.05, 0) is 46.6 Å². The summed E-state index contributed by atoms with van der Waals surface area (Å²) in [5, 5.41) is 2.89. The minimum Gasteiger partial charge on any atom is -0.325 e. The Hall–Kier alpha value is -1.13. The van der Waals surface area contributed by atoms with Crippen molar-refractivity contribution in [3.05, 3.63) is 62.5 Å². The van der Waals surface area contributed by atoms with Crippen molar-refractivity contribution in [1.82, 2.24) is 0 Å². The molecule has 0 aliphatic carbocycles. The number of benzene rings is 2. The summed E-state index contributed by atoms with van der Waals surface area (Å²) >= 11 is 6.81. The van der Waals surface area contributed by atoms with E-state index in [-0.39, 0.29) is 5.91 Å². The van der Waals surface area contributed by atoms with Crippen molar-refractivity contribution in [3.63, 3.8) is 0 Å². The van der Waals surface area contributed by atoms with Crippen molar-refractivity contribution >= 4 is 43.5 Å². The summed E-state index contributed by atoms with van der Waals surface area (Å²) in [5.74, 6) is -0.0214. The molecule has 2 rings (SSSR count). The molecule has 0 atom stereocenters. The topological polar surface area (TPSA) is 29.1 Å². The lowest BCUT2D eigenvalue weighted by molar-refractivity contribution is -0.115. The van der Waals surface area contributed by atoms with Crippen LogP contribution in [0.3, 0.4) is 0 Å². The predicted octanol–water partition coefficient (Wildman–Crippen LogP) is 4.70. The van der Waals surface area contributed by atoms with Crippen LogP contribution < -0.4 is 5.32 Å². The van der Waals surface area contributed by atoms with Crippen LogP contribution in [-0.2, 0) is 11.2 Å². The number of halogens is 2. The highest BCUT2D eigenvalue weighted by Gasteiger charge is 2.07. The molecule has 0 aliphatic rings. The number of anilines is 1. The van der Waals surface area contributed by atoms with Crippen molar-refractivity contribution in [3.8, 4) is 0 Å². The maximum absolute atomic E-state index is 12.0. The molecule has 0 radical (unpaired) electrons. The van der Waals surface area contributed by atoms with Crippen molar-refractivity contribution in [2.75, 3.05) is 5.32 Å². The van der Waals surface area contributed by atoms with Crippen LogP contribution in [0.4, 0.5) is 5.69 Å². The quantitative estimate of drug-likeness (QED) is 0.818. The molecule has 4 heteroatoms. The van der Waals surface area contributed by atoms with Gasteiger partial charge in [0.15, 0.2) is 0 Å². The zero-order valence-corrected chi connectivity index (χ0v) is 13.6. The molecule has 0 bridgehead atoms. The molecule has 19 heavy (non-hydrogen) atoms. The first kappa shape index (κ1) is 14.3. The van der Waals surface area contributed by atoms with E-state index in [0.717, 1.165) is 20.2 Å². The average molecular weight is 383 g/mol. The predicted molar refractivity (Wildman–Crippen MR) is 85.4 cm³/mol. The maximum Gasteiger partial charge on any atom is 0.228 e. The summed E-state index contributed by atoms with van der Waals surface area (Å²) in [6.45, 7) is 2.03. The molecule has 1 N–H and O–H groups in total. The Morgan fingerprint density at radius 3 is 2.42 bits per heavy atom. The van der Waals surface area contributed by atoms with E-state index in [9.17, 15) is 4.79 Å². The van der Waals surface area contributed by atoms with Crippen molar-refractivity contribution in [2.24, 2.45) is 0 Å². The largest absolute Gasteiger partial charge is 0.325 e. The number of hydrogen-bond donors (Lipinski definition) is 1. The van der Waals surface area contributed by atoms with Gasteiger partial charge in [-0.1, -0.05) is 45.8 Å². The molecule has 1 amide bonds. The fourth-order valence-electron chi connectivity index (χ4n) is 1.68. The van der Waals surface area contributed by atoms with E-state index in [2.05, 4.69) is 37.2 Å². The highest BCUT2D eigenvalue weighted by atomic mass is 79.9. The highest BCUT2D eigenvalue weighted by Crippen LogP contribution is 2.26. The second-order valence-corrected chi connectivity index (χ2v) is 6.10. The lowest BCUT2D eigenvalue weighted by Gasteiger charge is -2.08. The van der Waals surface area contributed by atoms with Gasteiger partial charge in [0.25, 0.3) is 0 Å². The third-order valence-electron chi connectivity index (χ3n) is 2.69. The van der Waals surface area contributed by atoms with E-state index in [4.69, 9.17) is 0 Å². The zero-order chi connectivity index (χ0) is 13.8. The van der Waals surface area contributed by atoms with Gasteiger partial charge >= 0.3 is 0 Å². The molecule has 0 fully saturated rings. The van der Waals surface area contributed by atoms with Crippen LogP contribution in [0.1, 0.15) is 11.1 Å². The summed E-state index contributed by atoms with van der Waals surface area (Å²) in [6.07, 6.45) is 0.378. The van der Waals surface area contributed by atoms with Gasteiger partial charge in [-0.25, -0.2) is 0 Å². The first-order valence-corrected chi connectivity index (χ1v) is 7.43. The minimum absolute atomic E-state index is 0.0214. The molecular weight excluding hydrogens is 370 g/mol. The van der Waals surface area contributed by atoms with Crippen molar-refractivity contribution in [1.29, 1.82) is 0 Å². The molecule has 0 saturated heterocycles. The summed E-state index contributed by atoms with van der Waals surface area (Å²) in [4.78, 5) is 12.0. The Labute approximate surface area is 129 Å². The van der Waals surface area contributed by atoms with Crippen molar-refractivity contribution < 1.29 is 4.79 Å².